The fourth-order valence-corrected chi connectivity index (χ4v) is 5.62. The monoisotopic (exact) mass is 430 g/mol. The lowest BCUT2D eigenvalue weighted by Crippen LogP contribution is -2.22. The molecular formula is C20H15FN2O2S3. The molecule has 4 rings (SSSR count). The van der Waals surface area contributed by atoms with Crippen molar-refractivity contribution in [2.24, 2.45) is 0 Å². The van der Waals surface area contributed by atoms with Crippen LogP contribution in [-0.4, -0.2) is 21.1 Å². The van der Waals surface area contributed by atoms with Gasteiger partial charge in [-0.2, -0.15) is 0 Å². The summed E-state index contributed by atoms with van der Waals surface area (Å²) in [7, 11) is 0. The van der Waals surface area contributed by atoms with Gasteiger partial charge in [-0.05, 0) is 42.6 Å². The van der Waals surface area contributed by atoms with Crippen LogP contribution in [0.3, 0.4) is 0 Å². The van der Waals surface area contributed by atoms with E-state index in [0.717, 1.165) is 10.4 Å². The molecule has 0 aliphatic carbocycles. The average Bonchev–Trinajstić information content (AvgIpc) is 3.36. The zero-order chi connectivity index (χ0) is 19.7. The Balaban J connectivity index is 1.67. The van der Waals surface area contributed by atoms with E-state index in [0.29, 0.717) is 27.5 Å². The number of thioether (sulfide) groups is 1. The normalized spacial score (nSPS) is 11.2. The minimum atomic E-state index is -0.379. The van der Waals surface area contributed by atoms with E-state index >= 15 is 0 Å². The molecule has 0 unspecified atom stereocenters. The first kappa shape index (κ1) is 19.0. The SMILES string of the molecule is CCn1c(SCC(=O)c2ccc(F)cc2)nc2scc(-c3cccs3)c2c1=O. The zero-order valence-electron chi connectivity index (χ0n) is 14.8. The molecule has 0 fully saturated rings. The van der Waals surface area contributed by atoms with Crippen molar-refractivity contribution in [3.63, 3.8) is 0 Å². The zero-order valence-corrected chi connectivity index (χ0v) is 17.3. The highest BCUT2D eigenvalue weighted by molar-refractivity contribution is 7.99. The van der Waals surface area contributed by atoms with Gasteiger partial charge in [0.05, 0.1) is 11.1 Å². The molecule has 4 aromatic rings. The number of aromatic nitrogens is 2. The van der Waals surface area contributed by atoms with Crippen LogP contribution in [0.1, 0.15) is 17.3 Å². The Morgan fingerprint density at radius 1 is 1.21 bits per heavy atom. The second kappa shape index (κ2) is 7.98. The Labute approximate surface area is 172 Å². The molecular weight excluding hydrogens is 415 g/mol. The summed E-state index contributed by atoms with van der Waals surface area (Å²) < 4.78 is 14.6. The Hall–Kier alpha value is -2.29. The third-order valence-corrected chi connectivity index (χ3v) is 7.01. The summed E-state index contributed by atoms with van der Waals surface area (Å²) in [6, 6.07) is 9.42. The molecule has 0 aliphatic rings. The Morgan fingerprint density at radius 2 is 2.00 bits per heavy atom. The van der Waals surface area contributed by atoms with Gasteiger partial charge in [0.15, 0.2) is 10.9 Å². The minimum Gasteiger partial charge on any atom is -0.293 e. The van der Waals surface area contributed by atoms with Gasteiger partial charge < -0.3 is 0 Å². The van der Waals surface area contributed by atoms with Crippen molar-refractivity contribution < 1.29 is 9.18 Å². The second-order valence-electron chi connectivity index (χ2n) is 5.97. The molecule has 3 aromatic heterocycles. The molecule has 0 amide bonds. The fraction of sp³-hybridized carbons (Fsp3) is 0.150. The molecule has 0 bridgehead atoms. The number of fused-ring (bicyclic) bond motifs is 1. The smallest absolute Gasteiger partial charge is 0.263 e. The molecule has 0 atom stereocenters. The number of hydrogen-bond acceptors (Lipinski definition) is 6. The van der Waals surface area contributed by atoms with Crippen molar-refractivity contribution in [1.29, 1.82) is 0 Å². The van der Waals surface area contributed by atoms with Crippen molar-refractivity contribution in [2.75, 3.05) is 5.75 Å². The summed E-state index contributed by atoms with van der Waals surface area (Å²) in [5.74, 6) is -0.380. The van der Waals surface area contributed by atoms with Gasteiger partial charge in [-0.1, -0.05) is 17.8 Å². The van der Waals surface area contributed by atoms with Gasteiger partial charge in [-0.25, -0.2) is 9.37 Å². The van der Waals surface area contributed by atoms with Crippen LogP contribution in [0.2, 0.25) is 0 Å². The number of ketones is 1. The highest BCUT2D eigenvalue weighted by atomic mass is 32.2. The maximum absolute atomic E-state index is 13.1. The third kappa shape index (κ3) is 3.55. The molecule has 3 heterocycles. The van der Waals surface area contributed by atoms with E-state index in [9.17, 15) is 14.0 Å². The Morgan fingerprint density at radius 3 is 2.68 bits per heavy atom. The van der Waals surface area contributed by atoms with Gasteiger partial charge in [-0.3, -0.25) is 14.2 Å². The molecule has 4 nitrogen and oxygen atoms in total. The highest BCUT2D eigenvalue weighted by Crippen LogP contribution is 2.34. The van der Waals surface area contributed by atoms with Crippen molar-refractivity contribution in [2.45, 2.75) is 18.6 Å². The fourth-order valence-electron chi connectivity index (χ4n) is 2.86. The molecule has 1 aromatic carbocycles. The van der Waals surface area contributed by atoms with Crippen LogP contribution in [0.15, 0.2) is 57.1 Å². The minimum absolute atomic E-state index is 0.0890. The molecule has 142 valence electrons. The van der Waals surface area contributed by atoms with Crippen LogP contribution in [0.25, 0.3) is 20.7 Å². The maximum atomic E-state index is 13.1. The summed E-state index contributed by atoms with van der Waals surface area (Å²) in [6.45, 7) is 2.35. The van der Waals surface area contributed by atoms with E-state index in [1.807, 2.05) is 29.8 Å². The van der Waals surface area contributed by atoms with E-state index in [2.05, 4.69) is 4.98 Å². The average molecular weight is 431 g/mol. The van der Waals surface area contributed by atoms with Gasteiger partial charge in [-0.15, -0.1) is 22.7 Å². The number of rotatable bonds is 6. The van der Waals surface area contributed by atoms with E-state index in [-0.39, 0.29) is 22.9 Å². The van der Waals surface area contributed by atoms with Crippen molar-refractivity contribution >= 4 is 50.4 Å². The summed E-state index contributed by atoms with van der Waals surface area (Å²) in [4.78, 5) is 31.9. The van der Waals surface area contributed by atoms with Gasteiger partial charge in [0, 0.05) is 27.9 Å². The molecule has 0 saturated carbocycles. The van der Waals surface area contributed by atoms with E-state index < -0.39 is 0 Å². The van der Waals surface area contributed by atoms with Gasteiger partial charge >= 0.3 is 0 Å². The summed E-state index contributed by atoms with van der Waals surface area (Å²) in [5.41, 5.74) is 1.26. The van der Waals surface area contributed by atoms with E-state index in [1.54, 1.807) is 15.9 Å². The molecule has 0 aliphatic heterocycles. The second-order valence-corrected chi connectivity index (χ2v) is 8.72. The van der Waals surface area contributed by atoms with Crippen molar-refractivity contribution in [3.05, 3.63) is 68.9 Å². The quantitative estimate of drug-likeness (QED) is 0.236. The van der Waals surface area contributed by atoms with Crippen LogP contribution in [0.5, 0.6) is 0 Å². The van der Waals surface area contributed by atoms with Crippen LogP contribution in [-0.2, 0) is 6.54 Å². The molecule has 0 spiro atoms. The molecule has 8 heteroatoms. The summed E-state index contributed by atoms with van der Waals surface area (Å²) in [5, 5.41) is 5.09. The number of carbonyl (C=O) groups excluding carboxylic acids is 1. The lowest BCUT2D eigenvalue weighted by Gasteiger charge is -2.10. The van der Waals surface area contributed by atoms with Gasteiger partial charge in [0.2, 0.25) is 0 Å². The Bertz CT molecular complexity index is 1190. The van der Waals surface area contributed by atoms with Gasteiger partial charge in [0.25, 0.3) is 5.56 Å². The largest absolute Gasteiger partial charge is 0.293 e. The number of benzene rings is 1. The highest BCUT2D eigenvalue weighted by Gasteiger charge is 2.18. The number of nitrogens with zero attached hydrogens (tertiary/aromatic N) is 2. The first-order chi connectivity index (χ1) is 13.6. The lowest BCUT2D eigenvalue weighted by atomic mass is 10.1. The predicted octanol–water partition coefficient (Wildman–Crippen LogP) is 5.32. The first-order valence-corrected chi connectivity index (χ1v) is 11.3. The molecule has 0 radical (unpaired) electrons. The summed E-state index contributed by atoms with van der Waals surface area (Å²) in [6.07, 6.45) is 0. The van der Waals surface area contributed by atoms with Crippen LogP contribution < -0.4 is 5.56 Å². The standard InChI is InChI=1S/C20H15FN2O2S3/c1-2-23-19(25)17-14(16-4-3-9-26-16)10-27-18(17)22-20(23)28-11-15(24)12-5-7-13(21)8-6-12/h3-10H,2,11H2,1H3. The van der Waals surface area contributed by atoms with Crippen LogP contribution in [0, 0.1) is 5.82 Å². The van der Waals surface area contributed by atoms with Crippen molar-refractivity contribution in [3.8, 4) is 10.4 Å². The number of carbonyl (C=O) groups is 1. The summed E-state index contributed by atoms with van der Waals surface area (Å²) >= 11 is 4.26. The lowest BCUT2D eigenvalue weighted by molar-refractivity contribution is 0.102. The maximum Gasteiger partial charge on any atom is 0.263 e. The molecule has 0 saturated heterocycles. The topological polar surface area (TPSA) is 52.0 Å². The Kier molecular flexibility index (Phi) is 5.43. The third-order valence-electron chi connectivity index (χ3n) is 4.26. The predicted molar refractivity (Wildman–Crippen MR) is 114 cm³/mol. The van der Waals surface area contributed by atoms with Gasteiger partial charge in [0.1, 0.15) is 10.6 Å². The first-order valence-electron chi connectivity index (χ1n) is 8.56. The molecule has 0 N–H and O–H groups in total. The molecule has 28 heavy (non-hydrogen) atoms. The number of thiophene rings is 2. The van der Waals surface area contributed by atoms with E-state index in [4.69, 9.17) is 0 Å². The number of hydrogen-bond donors (Lipinski definition) is 0. The van der Waals surface area contributed by atoms with E-state index in [1.165, 1.54) is 47.4 Å². The van der Waals surface area contributed by atoms with Crippen LogP contribution in [0.4, 0.5) is 4.39 Å². The number of halogens is 1. The van der Waals surface area contributed by atoms with Crippen LogP contribution >= 0.6 is 34.4 Å². The van der Waals surface area contributed by atoms with Crippen molar-refractivity contribution in [1.82, 2.24) is 9.55 Å². The number of Topliss-reactive ketones (excluding diaryl/α,β-unsaturated/α-hetero) is 1.